The molecule has 4 rings (SSSR count). The molecule has 1 saturated heterocycles. The molecule has 0 saturated carbocycles. The Morgan fingerprint density at radius 2 is 1.60 bits per heavy atom. The SMILES string of the molecule is C.CC1C(N=S(C)(C)=O)=CCCN1Cc1ccccc1.CC1NCCCC1N=S(C)(C)=O.CS(C)(=N)=O.Cc1ncccc1Br. The second-order valence-corrected chi connectivity index (χ2v) is 20.3. The van der Waals surface area contributed by atoms with Crippen LogP contribution in [-0.2, 0) is 35.7 Å². The van der Waals surface area contributed by atoms with Crippen LogP contribution in [0.5, 0.6) is 0 Å². The molecule has 0 radical (unpaired) electrons. The average molecular weight is 750 g/mol. The van der Waals surface area contributed by atoms with Gasteiger partial charge in [0.25, 0.3) is 0 Å². The smallest absolute Gasteiger partial charge is 0.0744 e. The Bertz CT molecular complexity index is 1500. The van der Waals surface area contributed by atoms with Gasteiger partial charge in [0.1, 0.15) is 0 Å². The molecule has 258 valence electrons. The van der Waals surface area contributed by atoms with Gasteiger partial charge >= 0.3 is 0 Å². The molecule has 0 spiro atoms. The second-order valence-electron chi connectivity index (χ2n) is 11.9. The summed E-state index contributed by atoms with van der Waals surface area (Å²) in [5.41, 5.74) is 3.31. The maximum atomic E-state index is 11.8. The number of nitrogens with one attached hydrogen (secondary N) is 2. The third-order valence-electron chi connectivity index (χ3n) is 6.35. The minimum absolute atomic E-state index is 0. The normalized spacial score (nSPS) is 20.2. The van der Waals surface area contributed by atoms with Crippen LogP contribution in [0.3, 0.4) is 0 Å². The Morgan fingerprint density at radius 3 is 2.07 bits per heavy atom. The first-order valence-corrected chi connectivity index (χ1v) is 22.4. The Balaban J connectivity index is 0.000000638. The van der Waals surface area contributed by atoms with Crippen molar-refractivity contribution in [3.05, 3.63) is 76.2 Å². The lowest BCUT2D eigenvalue weighted by Crippen LogP contribution is -2.41. The van der Waals surface area contributed by atoms with Crippen molar-refractivity contribution < 1.29 is 12.6 Å². The van der Waals surface area contributed by atoms with Crippen LogP contribution in [0.4, 0.5) is 0 Å². The third kappa shape index (κ3) is 21.7. The molecule has 0 bridgehead atoms. The van der Waals surface area contributed by atoms with Crippen LogP contribution < -0.4 is 5.32 Å². The second kappa shape index (κ2) is 20.6. The number of hydrogen-bond donors (Lipinski definition) is 2. The van der Waals surface area contributed by atoms with Crippen LogP contribution in [0.15, 0.2) is 73.6 Å². The summed E-state index contributed by atoms with van der Waals surface area (Å²) in [6.45, 7) is 9.24. The first-order valence-electron chi connectivity index (χ1n) is 14.6. The van der Waals surface area contributed by atoms with Crippen LogP contribution in [-0.4, -0.2) is 91.3 Å². The van der Waals surface area contributed by atoms with E-state index in [2.05, 4.69) is 84.0 Å². The summed E-state index contributed by atoms with van der Waals surface area (Å²) in [6.07, 6.45) is 16.7. The van der Waals surface area contributed by atoms with Crippen LogP contribution >= 0.6 is 15.9 Å². The van der Waals surface area contributed by atoms with Crippen molar-refractivity contribution in [3.8, 4) is 0 Å². The van der Waals surface area contributed by atoms with Crippen LogP contribution in [0, 0.1) is 11.7 Å². The summed E-state index contributed by atoms with van der Waals surface area (Å²) in [6, 6.07) is 15.2. The van der Waals surface area contributed by atoms with E-state index in [1.807, 2.05) is 25.1 Å². The Kier molecular flexibility index (Phi) is 19.8. The molecule has 2 N–H and O–H groups in total. The van der Waals surface area contributed by atoms with E-state index in [1.165, 1.54) is 18.1 Å². The van der Waals surface area contributed by atoms with E-state index in [-0.39, 0.29) is 19.5 Å². The van der Waals surface area contributed by atoms with E-state index in [0.717, 1.165) is 54.8 Å². The molecule has 45 heavy (non-hydrogen) atoms. The van der Waals surface area contributed by atoms with Crippen molar-refractivity contribution in [1.29, 1.82) is 4.78 Å². The van der Waals surface area contributed by atoms with Gasteiger partial charge in [0, 0.05) is 103 Å². The van der Waals surface area contributed by atoms with Gasteiger partial charge in [0.15, 0.2) is 0 Å². The Morgan fingerprint density at radius 1 is 1.00 bits per heavy atom. The number of nitrogens with zero attached hydrogens (tertiary/aromatic N) is 4. The molecule has 3 heterocycles. The molecule has 1 fully saturated rings. The van der Waals surface area contributed by atoms with E-state index < -0.39 is 29.2 Å². The van der Waals surface area contributed by atoms with Crippen LogP contribution in [0.25, 0.3) is 0 Å². The van der Waals surface area contributed by atoms with Gasteiger partial charge in [0.2, 0.25) is 0 Å². The number of piperidine rings is 1. The zero-order valence-electron chi connectivity index (χ0n) is 27.8. The van der Waals surface area contributed by atoms with Crippen molar-refractivity contribution in [2.75, 3.05) is 50.6 Å². The molecule has 9 nitrogen and oxygen atoms in total. The molecule has 3 unspecified atom stereocenters. The van der Waals surface area contributed by atoms with Gasteiger partial charge in [-0.3, -0.25) is 23.1 Å². The lowest BCUT2D eigenvalue weighted by atomic mass is 10.0. The molecule has 3 atom stereocenters. The monoisotopic (exact) mass is 748 g/mol. The zero-order valence-corrected chi connectivity index (χ0v) is 31.8. The first kappa shape index (κ1) is 43.4. The largest absolute Gasteiger partial charge is 0.312 e. The summed E-state index contributed by atoms with van der Waals surface area (Å²) < 4.78 is 49.3. The van der Waals surface area contributed by atoms with Gasteiger partial charge in [-0.1, -0.05) is 43.8 Å². The molecule has 0 amide bonds. The zero-order chi connectivity index (χ0) is 33.6. The molecule has 1 aromatic heterocycles. The Hall–Kier alpha value is -1.64. The fraction of sp³-hybridized carbons (Fsp3) is 0.594. The molecule has 0 aliphatic carbocycles. The van der Waals surface area contributed by atoms with Gasteiger partial charge in [-0.15, -0.1) is 0 Å². The number of aryl methyl sites for hydroxylation is 1. The van der Waals surface area contributed by atoms with Gasteiger partial charge in [0.05, 0.1) is 17.4 Å². The Labute approximate surface area is 283 Å². The van der Waals surface area contributed by atoms with Crippen molar-refractivity contribution in [2.24, 2.45) is 8.73 Å². The topological polar surface area (TPSA) is 128 Å². The van der Waals surface area contributed by atoms with Gasteiger partial charge in [-0.05, 0) is 80.2 Å². The number of rotatable bonds is 4. The summed E-state index contributed by atoms with van der Waals surface area (Å²) in [5, 5.41) is 3.34. The highest BCUT2D eigenvalue weighted by Gasteiger charge is 2.22. The van der Waals surface area contributed by atoms with Gasteiger partial charge < -0.3 is 5.32 Å². The maximum absolute atomic E-state index is 11.8. The molecular weight excluding hydrogens is 692 g/mol. The summed E-state index contributed by atoms with van der Waals surface area (Å²) in [4.78, 5) is 6.42. The standard InChI is InChI=1S/C15H22N2OS.C8H18N2OS.C6H6BrN.C2H7NOS.CH4/c1-13-15(16-19(2,3)18)10-7-11-17(13)12-14-8-5-4-6-9-14;1-7-8(5-4-6-9-7)10-12(2,3)11;1-5-6(7)3-2-4-8-5;1-5(2,3)4;/h4-6,8-10,13H,7,11-12H2,1-3H3;7-9H,4-6H2,1-3H3;2-4H,1H3;3H,1-2H3;1H4. The maximum Gasteiger partial charge on any atom is 0.0744 e. The van der Waals surface area contributed by atoms with Crippen molar-refractivity contribution in [1.82, 2.24) is 15.2 Å². The van der Waals surface area contributed by atoms with E-state index in [4.69, 9.17) is 4.78 Å². The van der Waals surface area contributed by atoms with E-state index in [9.17, 15) is 12.6 Å². The fourth-order valence-corrected chi connectivity index (χ4v) is 6.22. The van der Waals surface area contributed by atoms with E-state index in [1.54, 1.807) is 31.2 Å². The van der Waals surface area contributed by atoms with Gasteiger partial charge in [-0.25, -0.2) is 12.9 Å². The third-order valence-corrected chi connectivity index (χ3v) is 8.62. The highest BCUT2D eigenvalue weighted by atomic mass is 79.9. The van der Waals surface area contributed by atoms with Crippen LogP contribution in [0.2, 0.25) is 0 Å². The molecule has 13 heteroatoms. The predicted octanol–water partition coefficient (Wildman–Crippen LogP) is 6.83. The average Bonchev–Trinajstić information content (AvgIpc) is 2.89. The van der Waals surface area contributed by atoms with Gasteiger partial charge in [-0.2, -0.15) is 0 Å². The lowest BCUT2D eigenvalue weighted by Gasteiger charge is -2.32. The number of pyridine rings is 1. The van der Waals surface area contributed by atoms with Crippen molar-refractivity contribution in [2.45, 2.75) is 72.1 Å². The van der Waals surface area contributed by atoms with Crippen molar-refractivity contribution >= 4 is 45.1 Å². The lowest BCUT2D eigenvalue weighted by molar-refractivity contribution is 0.216. The minimum Gasteiger partial charge on any atom is -0.312 e. The van der Waals surface area contributed by atoms with E-state index >= 15 is 0 Å². The highest BCUT2D eigenvalue weighted by Crippen LogP contribution is 2.22. The fourth-order valence-electron chi connectivity index (χ4n) is 4.29. The van der Waals surface area contributed by atoms with Crippen molar-refractivity contribution in [3.63, 3.8) is 0 Å². The minimum atomic E-state index is -2.17. The number of benzene rings is 1. The molecular formula is C32H57BrN6O3S3. The summed E-state index contributed by atoms with van der Waals surface area (Å²) in [7, 11) is -6.16. The highest BCUT2D eigenvalue weighted by molar-refractivity contribution is 9.10. The summed E-state index contributed by atoms with van der Waals surface area (Å²) >= 11 is 3.33. The quantitative estimate of drug-likeness (QED) is 0.353. The number of halogens is 1. The number of hydrogen-bond acceptors (Lipinski definition) is 9. The molecule has 2 aromatic rings. The molecule has 2 aliphatic rings. The van der Waals surface area contributed by atoms with E-state index in [0.29, 0.717) is 6.04 Å². The van der Waals surface area contributed by atoms with Crippen LogP contribution in [0.1, 0.15) is 51.8 Å². The first-order chi connectivity index (χ1) is 20.2. The molecule has 1 aromatic carbocycles. The predicted molar refractivity (Wildman–Crippen MR) is 200 cm³/mol. The summed E-state index contributed by atoms with van der Waals surface area (Å²) in [5.74, 6) is 0. The molecule has 2 aliphatic heterocycles. The number of aromatic nitrogens is 1.